The van der Waals surface area contributed by atoms with Gasteiger partial charge in [0.25, 0.3) is 0 Å². The quantitative estimate of drug-likeness (QED) is 0.803. The minimum atomic E-state index is -4.49. The lowest BCUT2D eigenvalue weighted by Gasteiger charge is -2.23. The smallest absolute Gasteiger partial charge is 0.406 e. The number of amides is 1. The number of halogens is 4. The minimum Gasteiger partial charge on any atom is -0.493 e. The second-order valence-corrected chi connectivity index (χ2v) is 5.13. The molecule has 4 nitrogen and oxygen atoms in total. The van der Waals surface area contributed by atoms with E-state index < -0.39 is 25.2 Å². The first-order chi connectivity index (χ1) is 9.81. The zero-order valence-corrected chi connectivity index (χ0v) is 12.7. The third-order valence-corrected chi connectivity index (χ3v) is 2.97. The van der Waals surface area contributed by atoms with Crippen molar-refractivity contribution in [3.05, 3.63) is 28.7 Å². The summed E-state index contributed by atoms with van der Waals surface area (Å²) in [6.07, 6.45) is -4.68. The molecule has 1 aromatic rings. The SMILES string of the molecule is O=C(CCOc1cccc(Br)c1)N(CCO)CC(F)(F)F. The molecule has 1 N–H and O–H groups in total. The van der Waals surface area contributed by atoms with Gasteiger partial charge < -0.3 is 14.7 Å². The lowest BCUT2D eigenvalue weighted by atomic mass is 10.3. The van der Waals surface area contributed by atoms with Gasteiger partial charge in [0.15, 0.2) is 0 Å². The summed E-state index contributed by atoms with van der Waals surface area (Å²) in [6, 6.07) is 6.90. The van der Waals surface area contributed by atoms with E-state index >= 15 is 0 Å². The molecule has 0 aromatic heterocycles. The summed E-state index contributed by atoms with van der Waals surface area (Å²) in [7, 11) is 0. The van der Waals surface area contributed by atoms with Gasteiger partial charge in [0.1, 0.15) is 12.3 Å². The molecule has 0 saturated carbocycles. The lowest BCUT2D eigenvalue weighted by Crippen LogP contribution is -2.41. The second kappa shape index (κ2) is 8.23. The van der Waals surface area contributed by atoms with Gasteiger partial charge in [-0.3, -0.25) is 4.79 Å². The Morgan fingerprint density at radius 2 is 2.10 bits per heavy atom. The van der Waals surface area contributed by atoms with Gasteiger partial charge in [-0.05, 0) is 18.2 Å². The van der Waals surface area contributed by atoms with E-state index in [0.717, 1.165) is 4.47 Å². The topological polar surface area (TPSA) is 49.8 Å². The highest BCUT2D eigenvalue weighted by atomic mass is 79.9. The zero-order chi connectivity index (χ0) is 15.9. The Morgan fingerprint density at radius 3 is 2.67 bits per heavy atom. The van der Waals surface area contributed by atoms with Crippen molar-refractivity contribution in [1.82, 2.24) is 4.90 Å². The van der Waals surface area contributed by atoms with Crippen LogP contribution in [0.4, 0.5) is 13.2 Å². The van der Waals surface area contributed by atoms with Crippen LogP contribution >= 0.6 is 15.9 Å². The van der Waals surface area contributed by atoms with E-state index in [-0.39, 0.29) is 19.6 Å². The standard InChI is InChI=1S/C13H15BrF3NO3/c14-10-2-1-3-11(8-10)21-7-4-12(20)18(5-6-19)9-13(15,16)17/h1-3,8,19H,4-7,9H2. The maximum Gasteiger partial charge on any atom is 0.406 e. The van der Waals surface area contributed by atoms with E-state index in [0.29, 0.717) is 10.6 Å². The largest absolute Gasteiger partial charge is 0.493 e. The number of hydrogen-bond acceptors (Lipinski definition) is 3. The molecule has 0 aliphatic heterocycles. The molecule has 0 bridgehead atoms. The number of nitrogens with zero attached hydrogens (tertiary/aromatic N) is 1. The van der Waals surface area contributed by atoms with Crippen LogP contribution < -0.4 is 4.74 Å². The highest BCUT2D eigenvalue weighted by molar-refractivity contribution is 9.10. The van der Waals surface area contributed by atoms with E-state index in [2.05, 4.69) is 15.9 Å². The summed E-state index contributed by atoms with van der Waals surface area (Å²) < 4.78 is 43.0. The zero-order valence-electron chi connectivity index (χ0n) is 11.1. The molecule has 0 radical (unpaired) electrons. The molecule has 0 heterocycles. The molecule has 21 heavy (non-hydrogen) atoms. The normalized spacial score (nSPS) is 11.3. The number of alkyl halides is 3. The molecule has 0 aliphatic carbocycles. The molecule has 1 aromatic carbocycles. The molecule has 8 heteroatoms. The Morgan fingerprint density at radius 1 is 1.38 bits per heavy atom. The van der Waals surface area contributed by atoms with Crippen LogP contribution in [0.1, 0.15) is 6.42 Å². The molecular formula is C13H15BrF3NO3. The number of rotatable bonds is 7. The first kappa shape index (κ1) is 17.8. The van der Waals surface area contributed by atoms with Crippen molar-refractivity contribution in [2.24, 2.45) is 0 Å². The molecule has 0 unspecified atom stereocenters. The van der Waals surface area contributed by atoms with Crippen molar-refractivity contribution < 1.29 is 27.8 Å². The molecule has 0 spiro atoms. The number of aliphatic hydroxyl groups excluding tert-OH is 1. The Hall–Kier alpha value is -1.28. The van der Waals surface area contributed by atoms with Crippen LogP contribution in [0.25, 0.3) is 0 Å². The number of aliphatic hydroxyl groups is 1. The molecule has 0 aliphatic rings. The van der Waals surface area contributed by atoms with Gasteiger partial charge in [0, 0.05) is 11.0 Å². The molecule has 0 saturated heterocycles. The van der Waals surface area contributed by atoms with Gasteiger partial charge in [0.05, 0.1) is 19.6 Å². The van der Waals surface area contributed by atoms with Crippen LogP contribution in [0.2, 0.25) is 0 Å². The van der Waals surface area contributed by atoms with Gasteiger partial charge in [-0.2, -0.15) is 13.2 Å². The number of ether oxygens (including phenoxy) is 1. The first-order valence-corrected chi connectivity index (χ1v) is 6.95. The van der Waals surface area contributed by atoms with Crippen LogP contribution in [-0.2, 0) is 4.79 Å². The van der Waals surface area contributed by atoms with E-state index in [1.807, 2.05) is 0 Å². The van der Waals surface area contributed by atoms with Crippen LogP contribution in [0.5, 0.6) is 5.75 Å². The molecular weight excluding hydrogens is 355 g/mol. The van der Waals surface area contributed by atoms with E-state index in [4.69, 9.17) is 9.84 Å². The Bertz CT molecular complexity index is 468. The molecule has 1 rings (SSSR count). The van der Waals surface area contributed by atoms with Gasteiger partial charge >= 0.3 is 6.18 Å². The Balaban J connectivity index is 2.46. The molecule has 0 atom stereocenters. The summed E-state index contributed by atoms with van der Waals surface area (Å²) in [5.41, 5.74) is 0. The lowest BCUT2D eigenvalue weighted by molar-refractivity contribution is -0.162. The van der Waals surface area contributed by atoms with Crippen molar-refractivity contribution in [3.8, 4) is 5.75 Å². The predicted molar refractivity (Wildman–Crippen MR) is 74.0 cm³/mol. The number of benzene rings is 1. The maximum atomic E-state index is 12.3. The Labute approximate surface area is 128 Å². The number of carbonyl (C=O) groups excluding carboxylic acids is 1. The van der Waals surface area contributed by atoms with Gasteiger partial charge in [0.2, 0.25) is 5.91 Å². The molecule has 0 fully saturated rings. The van der Waals surface area contributed by atoms with Crippen molar-refractivity contribution in [2.75, 3.05) is 26.3 Å². The Kier molecular flexibility index (Phi) is 6.97. The van der Waals surface area contributed by atoms with E-state index in [1.165, 1.54) is 0 Å². The third-order valence-electron chi connectivity index (χ3n) is 2.47. The first-order valence-electron chi connectivity index (χ1n) is 6.15. The summed E-state index contributed by atoms with van der Waals surface area (Å²) in [5.74, 6) is -0.196. The summed E-state index contributed by atoms with van der Waals surface area (Å²) >= 11 is 3.25. The van der Waals surface area contributed by atoms with Crippen LogP contribution in [0, 0.1) is 0 Å². The number of hydrogen-bond donors (Lipinski definition) is 1. The van der Waals surface area contributed by atoms with Gasteiger partial charge in [-0.25, -0.2) is 0 Å². The molecule has 118 valence electrons. The third kappa shape index (κ3) is 7.33. The van der Waals surface area contributed by atoms with E-state index in [9.17, 15) is 18.0 Å². The summed E-state index contributed by atoms with van der Waals surface area (Å²) in [4.78, 5) is 12.3. The number of carbonyl (C=O) groups is 1. The fourth-order valence-corrected chi connectivity index (χ4v) is 1.98. The van der Waals surface area contributed by atoms with Crippen LogP contribution in [-0.4, -0.2) is 48.4 Å². The highest BCUT2D eigenvalue weighted by Gasteiger charge is 2.32. The van der Waals surface area contributed by atoms with Crippen LogP contribution in [0.15, 0.2) is 28.7 Å². The van der Waals surface area contributed by atoms with Crippen LogP contribution in [0.3, 0.4) is 0 Å². The van der Waals surface area contributed by atoms with E-state index in [1.54, 1.807) is 24.3 Å². The van der Waals surface area contributed by atoms with Gasteiger partial charge in [-0.15, -0.1) is 0 Å². The molecule has 1 amide bonds. The van der Waals surface area contributed by atoms with Crippen molar-refractivity contribution in [1.29, 1.82) is 0 Å². The minimum absolute atomic E-state index is 0.0327. The van der Waals surface area contributed by atoms with Crippen molar-refractivity contribution >= 4 is 21.8 Å². The summed E-state index contributed by atoms with van der Waals surface area (Å²) in [6.45, 7) is -2.28. The fourth-order valence-electron chi connectivity index (χ4n) is 1.60. The predicted octanol–water partition coefficient (Wildman–Crippen LogP) is 2.60. The maximum absolute atomic E-state index is 12.3. The average molecular weight is 370 g/mol. The monoisotopic (exact) mass is 369 g/mol. The average Bonchev–Trinajstić information content (AvgIpc) is 2.36. The fraction of sp³-hybridized carbons (Fsp3) is 0.462. The van der Waals surface area contributed by atoms with Crippen molar-refractivity contribution in [2.45, 2.75) is 12.6 Å². The highest BCUT2D eigenvalue weighted by Crippen LogP contribution is 2.19. The van der Waals surface area contributed by atoms with Gasteiger partial charge in [-0.1, -0.05) is 22.0 Å². The summed E-state index contributed by atoms with van der Waals surface area (Å²) in [5, 5.41) is 8.72. The van der Waals surface area contributed by atoms with Crippen molar-refractivity contribution in [3.63, 3.8) is 0 Å². The second-order valence-electron chi connectivity index (χ2n) is 4.21.